The van der Waals surface area contributed by atoms with Crippen LogP contribution in [0.4, 0.5) is 0 Å². The topological polar surface area (TPSA) is 82.4 Å². The lowest BCUT2D eigenvalue weighted by Crippen LogP contribution is -2.35. The quantitative estimate of drug-likeness (QED) is 0.864. The molecule has 20 heavy (non-hydrogen) atoms. The fraction of sp³-hybridized carbons (Fsp3) is 0. The summed E-state index contributed by atoms with van der Waals surface area (Å²) >= 11 is 5.92. The molecule has 0 atom stereocenters. The van der Waals surface area contributed by atoms with Gasteiger partial charge in [-0.05, 0) is 29.8 Å². The molecule has 0 aliphatic heterocycles. The average Bonchev–Trinajstić information content (AvgIpc) is 2.94. The zero-order valence-corrected chi connectivity index (χ0v) is 10.9. The van der Waals surface area contributed by atoms with Gasteiger partial charge in [-0.3, -0.25) is 4.79 Å². The van der Waals surface area contributed by atoms with Crippen molar-refractivity contribution in [3.63, 3.8) is 0 Å². The van der Waals surface area contributed by atoms with Crippen molar-refractivity contribution in [3.05, 3.63) is 64.7 Å². The molecule has 0 aliphatic carbocycles. The summed E-state index contributed by atoms with van der Waals surface area (Å²) < 4.78 is 4.87. The van der Waals surface area contributed by atoms with E-state index in [9.17, 15) is 14.7 Å². The molecule has 0 fully saturated rings. The number of aliphatic carboxylic acids is 1. The van der Waals surface area contributed by atoms with Gasteiger partial charge in [-0.1, -0.05) is 29.8 Å². The molecular formula is C14H9ClNO4-. The molecule has 0 unspecified atom stereocenters. The maximum absolute atomic E-state index is 11.7. The normalized spacial score (nSPS) is 11.2. The molecule has 1 aromatic carbocycles. The highest BCUT2D eigenvalue weighted by Gasteiger charge is 2.11. The summed E-state index contributed by atoms with van der Waals surface area (Å²) in [6.45, 7) is 0. The van der Waals surface area contributed by atoms with Gasteiger partial charge in [-0.15, -0.1) is 0 Å². The van der Waals surface area contributed by atoms with Crippen LogP contribution in [0.2, 0.25) is 5.02 Å². The minimum absolute atomic E-state index is 0.00342. The Morgan fingerprint density at radius 3 is 2.55 bits per heavy atom. The number of hydrogen-bond donors (Lipinski definition) is 1. The predicted molar refractivity (Wildman–Crippen MR) is 70.6 cm³/mol. The Morgan fingerprint density at radius 1 is 1.20 bits per heavy atom. The lowest BCUT2D eigenvalue weighted by Gasteiger charge is -2.10. The van der Waals surface area contributed by atoms with E-state index < -0.39 is 17.6 Å². The second-order valence-electron chi connectivity index (χ2n) is 3.80. The van der Waals surface area contributed by atoms with Crippen LogP contribution >= 0.6 is 11.6 Å². The monoisotopic (exact) mass is 290 g/mol. The lowest BCUT2D eigenvalue weighted by atomic mass is 10.2. The van der Waals surface area contributed by atoms with E-state index in [4.69, 9.17) is 16.0 Å². The van der Waals surface area contributed by atoms with E-state index in [1.807, 2.05) is 0 Å². The highest BCUT2D eigenvalue weighted by molar-refractivity contribution is 6.32. The summed E-state index contributed by atoms with van der Waals surface area (Å²) in [5, 5.41) is 13.6. The van der Waals surface area contributed by atoms with Crippen LogP contribution in [0.25, 0.3) is 6.08 Å². The standard InChI is InChI=1S/C14H10ClNO4/c15-10-5-2-1-4-9(10)8-11(14(18)19)16-13(17)12-6-3-7-20-12/h1-8H,(H,16,17)(H,18,19)/p-1/b11-8-. The number of halogens is 1. The first-order valence-corrected chi connectivity index (χ1v) is 5.98. The summed E-state index contributed by atoms with van der Waals surface area (Å²) in [6.07, 6.45) is 2.53. The first-order chi connectivity index (χ1) is 9.58. The summed E-state index contributed by atoms with van der Waals surface area (Å²) in [4.78, 5) is 22.8. The summed E-state index contributed by atoms with van der Waals surface area (Å²) in [6, 6.07) is 9.56. The third-order valence-corrected chi connectivity index (χ3v) is 2.76. The van der Waals surface area contributed by atoms with Gasteiger partial charge in [0.05, 0.1) is 17.9 Å². The van der Waals surface area contributed by atoms with Gasteiger partial charge in [-0.2, -0.15) is 0 Å². The van der Waals surface area contributed by atoms with Crippen molar-refractivity contribution in [2.45, 2.75) is 0 Å². The van der Waals surface area contributed by atoms with Gasteiger partial charge in [0, 0.05) is 5.02 Å². The molecule has 2 aromatic rings. The largest absolute Gasteiger partial charge is 0.543 e. The first kappa shape index (κ1) is 13.9. The van der Waals surface area contributed by atoms with Crippen molar-refractivity contribution in [2.75, 3.05) is 0 Å². The van der Waals surface area contributed by atoms with Crippen molar-refractivity contribution in [3.8, 4) is 0 Å². The van der Waals surface area contributed by atoms with Crippen LogP contribution in [-0.4, -0.2) is 11.9 Å². The number of carboxylic acids is 1. The van der Waals surface area contributed by atoms with Crippen LogP contribution < -0.4 is 10.4 Å². The van der Waals surface area contributed by atoms with Crippen LogP contribution in [0.5, 0.6) is 0 Å². The van der Waals surface area contributed by atoms with Crippen LogP contribution in [-0.2, 0) is 4.79 Å². The van der Waals surface area contributed by atoms with E-state index in [-0.39, 0.29) is 5.76 Å². The minimum Gasteiger partial charge on any atom is -0.543 e. The van der Waals surface area contributed by atoms with E-state index in [0.717, 1.165) is 0 Å². The van der Waals surface area contributed by atoms with Gasteiger partial charge in [0.2, 0.25) is 0 Å². The van der Waals surface area contributed by atoms with Gasteiger partial charge < -0.3 is 19.6 Å². The Bertz CT molecular complexity index is 662. The SMILES string of the molecule is O=C([O-])/C(=C/c1ccccc1Cl)NC(=O)c1ccco1. The predicted octanol–water partition coefficient (Wildman–Crippen LogP) is 1.45. The van der Waals surface area contributed by atoms with Gasteiger partial charge in [0.1, 0.15) is 0 Å². The van der Waals surface area contributed by atoms with Crippen molar-refractivity contribution >= 4 is 29.6 Å². The van der Waals surface area contributed by atoms with E-state index >= 15 is 0 Å². The molecule has 0 bridgehead atoms. The van der Waals surface area contributed by atoms with E-state index in [1.165, 1.54) is 24.5 Å². The number of carboxylic acid groups (broad SMARTS) is 1. The number of amides is 1. The molecule has 1 aromatic heterocycles. The second-order valence-corrected chi connectivity index (χ2v) is 4.21. The van der Waals surface area contributed by atoms with Crippen molar-refractivity contribution < 1.29 is 19.1 Å². The van der Waals surface area contributed by atoms with E-state index in [1.54, 1.807) is 24.3 Å². The molecule has 2 rings (SSSR count). The van der Waals surface area contributed by atoms with Gasteiger partial charge in [0.15, 0.2) is 5.76 Å². The van der Waals surface area contributed by atoms with Gasteiger partial charge in [0.25, 0.3) is 5.91 Å². The molecule has 0 radical (unpaired) electrons. The number of carbonyl (C=O) groups excluding carboxylic acids is 2. The summed E-state index contributed by atoms with van der Waals surface area (Å²) in [7, 11) is 0. The number of nitrogens with one attached hydrogen (secondary N) is 1. The fourth-order valence-electron chi connectivity index (χ4n) is 1.49. The van der Waals surface area contributed by atoms with Gasteiger partial charge in [-0.25, -0.2) is 0 Å². The lowest BCUT2D eigenvalue weighted by molar-refractivity contribution is -0.299. The van der Waals surface area contributed by atoms with Crippen LogP contribution in [0.3, 0.4) is 0 Å². The number of benzene rings is 1. The van der Waals surface area contributed by atoms with Crippen LogP contribution in [0.1, 0.15) is 16.1 Å². The van der Waals surface area contributed by atoms with Crippen molar-refractivity contribution in [2.24, 2.45) is 0 Å². The zero-order chi connectivity index (χ0) is 14.5. The smallest absolute Gasteiger partial charge is 0.291 e. The molecular weight excluding hydrogens is 282 g/mol. The highest BCUT2D eigenvalue weighted by atomic mass is 35.5. The molecule has 0 saturated heterocycles. The van der Waals surface area contributed by atoms with Gasteiger partial charge >= 0.3 is 0 Å². The molecule has 6 heteroatoms. The first-order valence-electron chi connectivity index (χ1n) is 5.60. The number of rotatable bonds is 4. The van der Waals surface area contributed by atoms with E-state index in [0.29, 0.717) is 10.6 Å². The average molecular weight is 291 g/mol. The molecule has 1 heterocycles. The minimum atomic E-state index is -1.52. The maximum Gasteiger partial charge on any atom is 0.291 e. The molecule has 0 spiro atoms. The summed E-state index contributed by atoms with van der Waals surface area (Å²) in [5.41, 5.74) is 0.0487. The third kappa shape index (κ3) is 3.27. The van der Waals surface area contributed by atoms with Crippen molar-refractivity contribution in [1.82, 2.24) is 5.32 Å². The highest BCUT2D eigenvalue weighted by Crippen LogP contribution is 2.17. The van der Waals surface area contributed by atoms with E-state index in [2.05, 4.69) is 5.32 Å². The van der Waals surface area contributed by atoms with Crippen LogP contribution in [0, 0.1) is 0 Å². The van der Waals surface area contributed by atoms with Crippen LogP contribution in [0.15, 0.2) is 52.8 Å². The molecule has 0 aliphatic rings. The molecule has 0 saturated carbocycles. The summed E-state index contributed by atoms with van der Waals surface area (Å²) in [5.74, 6) is -2.21. The number of hydrogen-bond acceptors (Lipinski definition) is 4. The number of furan rings is 1. The molecule has 102 valence electrons. The fourth-order valence-corrected chi connectivity index (χ4v) is 1.68. The Morgan fingerprint density at radius 2 is 1.95 bits per heavy atom. The zero-order valence-electron chi connectivity index (χ0n) is 10.1. The number of carbonyl (C=O) groups is 2. The maximum atomic E-state index is 11.7. The molecule has 1 N–H and O–H groups in total. The van der Waals surface area contributed by atoms with Crippen molar-refractivity contribution in [1.29, 1.82) is 0 Å². The molecule has 1 amide bonds. The Balaban J connectivity index is 2.26. The third-order valence-electron chi connectivity index (χ3n) is 2.42. The molecule has 5 nitrogen and oxygen atoms in total. The Labute approximate surface area is 119 Å². The second kappa shape index (κ2) is 6.08. The Hall–Kier alpha value is -2.53. The Kier molecular flexibility index (Phi) is 4.22.